The summed E-state index contributed by atoms with van der Waals surface area (Å²) in [4.78, 5) is 12.5. The highest BCUT2D eigenvalue weighted by Gasteiger charge is 2.06. The van der Waals surface area contributed by atoms with Crippen LogP contribution < -0.4 is 21.3 Å². The van der Waals surface area contributed by atoms with Crippen LogP contribution in [0.2, 0.25) is 0 Å². The third-order valence-corrected chi connectivity index (χ3v) is 3.10. The van der Waals surface area contributed by atoms with Crippen molar-refractivity contribution in [3.05, 3.63) is 36.7 Å². The second-order valence-corrected chi connectivity index (χ2v) is 4.75. The predicted octanol–water partition coefficient (Wildman–Crippen LogP) is 1.21. The van der Waals surface area contributed by atoms with E-state index in [0.717, 1.165) is 24.5 Å². The third kappa shape index (κ3) is 3.50. The molecular weight excluding hydrogens is 252 g/mol. The van der Waals surface area contributed by atoms with Crippen LogP contribution in [0, 0.1) is 0 Å². The maximum atomic E-state index is 5.68. The number of nitrogens with two attached hydrogens (primary N) is 2. The van der Waals surface area contributed by atoms with Crippen LogP contribution in [0.1, 0.15) is 0 Å². The van der Waals surface area contributed by atoms with Crippen molar-refractivity contribution in [3.8, 4) is 0 Å². The van der Waals surface area contributed by atoms with Gasteiger partial charge < -0.3 is 21.3 Å². The van der Waals surface area contributed by atoms with Gasteiger partial charge in [0.15, 0.2) is 0 Å². The average Bonchev–Trinajstić information content (AvgIpc) is 2.46. The zero-order valence-electron chi connectivity index (χ0n) is 11.8. The third-order valence-electron chi connectivity index (χ3n) is 3.10. The van der Waals surface area contributed by atoms with E-state index in [1.807, 2.05) is 43.3 Å². The number of likely N-dealkylation sites (N-methyl/N-ethyl adjacent to an activating group) is 2. The topological polar surface area (TPSA) is 84.3 Å². The highest BCUT2D eigenvalue weighted by Crippen LogP contribution is 2.14. The van der Waals surface area contributed by atoms with Gasteiger partial charge in [0.2, 0.25) is 5.95 Å². The molecule has 106 valence electrons. The van der Waals surface area contributed by atoms with Gasteiger partial charge in [-0.05, 0) is 24.3 Å². The number of nitrogens with zero attached hydrogens (tertiary/aromatic N) is 4. The average molecular weight is 272 g/mol. The number of benzene rings is 1. The smallest absolute Gasteiger partial charge is 0.225 e. The molecule has 6 heteroatoms. The highest BCUT2D eigenvalue weighted by atomic mass is 15.2. The van der Waals surface area contributed by atoms with Gasteiger partial charge in [-0.2, -0.15) is 0 Å². The number of rotatable bonds is 5. The molecule has 0 spiro atoms. The minimum atomic E-state index is 0.571. The summed E-state index contributed by atoms with van der Waals surface area (Å²) < 4.78 is 0. The fraction of sp³-hybridized carbons (Fsp3) is 0.286. The molecule has 0 aliphatic carbocycles. The number of anilines is 4. The Hall–Kier alpha value is -2.50. The molecule has 0 saturated heterocycles. The summed E-state index contributed by atoms with van der Waals surface area (Å²) >= 11 is 0. The zero-order valence-corrected chi connectivity index (χ0v) is 11.8. The minimum absolute atomic E-state index is 0.571. The van der Waals surface area contributed by atoms with Crippen LogP contribution in [-0.2, 0) is 0 Å². The van der Waals surface area contributed by atoms with Gasteiger partial charge >= 0.3 is 0 Å². The van der Waals surface area contributed by atoms with Crippen LogP contribution in [0.15, 0.2) is 36.7 Å². The van der Waals surface area contributed by atoms with E-state index in [2.05, 4.69) is 14.9 Å². The summed E-state index contributed by atoms with van der Waals surface area (Å²) in [6, 6.07) is 7.82. The number of nitrogen functional groups attached to an aromatic ring is 2. The first-order valence-electron chi connectivity index (χ1n) is 6.41. The number of hydrogen-bond acceptors (Lipinski definition) is 6. The van der Waals surface area contributed by atoms with Gasteiger partial charge in [-0.3, -0.25) is 0 Å². The van der Waals surface area contributed by atoms with Gasteiger partial charge in [0, 0.05) is 38.6 Å². The summed E-state index contributed by atoms with van der Waals surface area (Å²) in [7, 11) is 4.01. The second kappa shape index (κ2) is 6.10. The van der Waals surface area contributed by atoms with Gasteiger partial charge in [-0.1, -0.05) is 0 Å². The van der Waals surface area contributed by atoms with Gasteiger partial charge in [-0.15, -0.1) is 0 Å². The van der Waals surface area contributed by atoms with Crippen molar-refractivity contribution in [2.24, 2.45) is 0 Å². The van der Waals surface area contributed by atoms with Crippen LogP contribution in [-0.4, -0.2) is 37.2 Å². The molecule has 1 aromatic heterocycles. The van der Waals surface area contributed by atoms with Crippen LogP contribution in [0.4, 0.5) is 23.0 Å². The molecule has 0 radical (unpaired) electrons. The Morgan fingerprint density at radius 3 is 2.00 bits per heavy atom. The molecule has 1 heterocycles. The van der Waals surface area contributed by atoms with Crippen LogP contribution in [0.5, 0.6) is 0 Å². The molecule has 0 aliphatic rings. The molecule has 0 unspecified atom stereocenters. The molecule has 1 aromatic carbocycles. The van der Waals surface area contributed by atoms with E-state index in [9.17, 15) is 0 Å². The zero-order chi connectivity index (χ0) is 14.5. The quantitative estimate of drug-likeness (QED) is 0.796. The molecule has 0 fully saturated rings. The molecule has 20 heavy (non-hydrogen) atoms. The predicted molar refractivity (Wildman–Crippen MR) is 83.8 cm³/mol. The molecule has 6 nitrogen and oxygen atoms in total. The van der Waals surface area contributed by atoms with Crippen molar-refractivity contribution in [2.45, 2.75) is 0 Å². The Morgan fingerprint density at radius 1 is 0.850 bits per heavy atom. The van der Waals surface area contributed by atoms with Crippen LogP contribution in [0.25, 0.3) is 0 Å². The van der Waals surface area contributed by atoms with Crippen molar-refractivity contribution in [1.29, 1.82) is 0 Å². The molecule has 0 amide bonds. The summed E-state index contributed by atoms with van der Waals surface area (Å²) in [5.41, 5.74) is 13.7. The fourth-order valence-corrected chi connectivity index (χ4v) is 1.79. The van der Waals surface area contributed by atoms with Crippen molar-refractivity contribution in [3.63, 3.8) is 0 Å². The summed E-state index contributed by atoms with van der Waals surface area (Å²) in [5.74, 6) is 0.671. The molecule has 0 saturated carbocycles. The maximum absolute atomic E-state index is 5.68. The van der Waals surface area contributed by atoms with Gasteiger partial charge in [-0.25, -0.2) is 9.97 Å². The molecule has 2 aromatic rings. The Morgan fingerprint density at radius 2 is 1.40 bits per heavy atom. The fourth-order valence-electron chi connectivity index (χ4n) is 1.79. The summed E-state index contributed by atoms with van der Waals surface area (Å²) in [6.07, 6.45) is 3.23. The molecule has 4 N–H and O–H groups in total. The number of aromatic nitrogens is 2. The van der Waals surface area contributed by atoms with Crippen LogP contribution >= 0.6 is 0 Å². The normalized spacial score (nSPS) is 10.3. The highest BCUT2D eigenvalue weighted by molar-refractivity contribution is 5.52. The van der Waals surface area contributed by atoms with E-state index >= 15 is 0 Å². The van der Waals surface area contributed by atoms with Crippen molar-refractivity contribution >= 4 is 23.0 Å². The van der Waals surface area contributed by atoms with Gasteiger partial charge in [0.1, 0.15) is 0 Å². The Labute approximate surface area is 119 Å². The lowest BCUT2D eigenvalue weighted by atomic mass is 10.2. The van der Waals surface area contributed by atoms with E-state index in [-0.39, 0.29) is 0 Å². The van der Waals surface area contributed by atoms with E-state index < -0.39 is 0 Å². The minimum Gasteiger partial charge on any atom is -0.399 e. The second-order valence-electron chi connectivity index (χ2n) is 4.75. The lowest BCUT2D eigenvalue weighted by Gasteiger charge is -2.23. The molecular formula is C14H20N6. The van der Waals surface area contributed by atoms with Gasteiger partial charge in [0.05, 0.1) is 18.1 Å². The lowest BCUT2D eigenvalue weighted by molar-refractivity contribution is 0.808. The van der Waals surface area contributed by atoms with Gasteiger partial charge in [0.25, 0.3) is 0 Å². The van der Waals surface area contributed by atoms with Crippen LogP contribution in [0.3, 0.4) is 0 Å². The summed E-state index contributed by atoms with van der Waals surface area (Å²) in [6.45, 7) is 1.67. The molecule has 0 atom stereocenters. The maximum Gasteiger partial charge on any atom is 0.225 e. The Kier molecular flexibility index (Phi) is 4.24. The number of hydrogen-bond donors (Lipinski definition) is 2. The lowest BCUT2D eigenvalue weighted by Crippen LogP contribution is -2.31. The standard InChI is InChI=1S/C14H20N6/c1-19(13-5-3-11(15)4-6-13)7-8-20(2)14-17-9-12(16)10-18-14/h3-6,9-10H,7-8,15-16H2,1-2H3. The summed E-state index contributed by atoms with van der Waals surface area (Å²) in [5, 5.41) is 0. The van der Waals surface area contributed by atoms with Crippen molar-refractivity contribution < 1.29 is 0 Å². The van der Waals surface area contributed by atoms with E-state index in [1.54, 1.807) is 12.4 Å². The first-order valence-corrected chi connectivity index (χ1v) is 6.41. The molecule has 0 aliphatic heterocycles. The molecule has 2 rings (SSSR count). The monoisotopic (exact) mass is 272 g/mol. The largest absolute Gasteiger partial charge is 0.399 e. The van der Waals surface area contributed by atoms with E-state index in [1.165, 1.54) is 0 Å². The Bertz CT molecular complexity index is 485. The first kappa shape index (κ1) is 13.9. The van der Waals surface area contributed by atoms with E-state index in [4.69, 9.17) is 11.5 Å². The van der Waals surface area contributed by atoms with Crippen molar-refractivity contribution in [2.75, 3.05) is 48.5 Å². The first-order chi connectivity index (χ1) is 9.56. The molecule has 0 bridgehead atoms. The van der Waals surface area contributed by atoms with E-state index in [0.29, 0.717) is 11.6 Å². The Balaban J connectivity index is 1.91. The SMILES string of the molecule is CN(CCN(C)c1ncc(N)cn1)c1ccc(N)cc1. The van der Waals surface area contributed by atoms with Crippen molar-refractivity contribution in [1.82, 2.24) is 9.97 Å².